The van der Waals surface area contributed by atoms with Gasteiger partial charge in [0.25, 0.3) is 0 Å². The molecule has 1 heterocycles. The van der Waals surface area contributed by atoms with Crippen molar-refractivity contribution in [3.05, 3.63) is 0 Å². The number of amides is 1. The molecule has 1 aliphatic rings. The van der Waals surface area contributed by atoms with Crippen LogP contribution in [0.25, 0.3) is 0 Å². The Hall–Kier alpha value is -1.48. The lowest BCUT2D eigenvalue weighted by Crippen LogP contribution is -2.30. The molecule has 25 heavy (non-hydrogen) atoms. The monoisotopic (exact) mass is 377 g/mol. The van der Waals surface area contributed by atoms with Gasteiger partial charge in [-0.1, -0.05) is 13.3 Å². The highest BCUT2D eigenvalue weighted by molar-refractivity contribution is 7.99. The SMILES string of the molecule is C1CCSC1.CCCCC(=O)NCCCC[C@H](N)C(=O)O.N=C(N)N. The summed E-state index contributed by atoms with van der Waals surface area (Å²) in [5.74, 6) is 1.61. The van der Waals surface area contributed by atoms with E-state index < -0.39 is 12.0 Å². The van der Waals surface area contributed by atoms with E-state index in [2.05, 4.69) is 28.5 Å². The molecule has 0 unspecified atom stereocenters. The molecule has 0 radical (unpaired) electrons. The van der Waals surface area contributed by atoms with Crippen molar-refractivity contribution in [1.29, 1.82) is 5.41 Å². The number of carbonyl (C=O) groups excluding carboxylic acids is 1. The Kier molecular flexibility index (Phi) is 19.4. The van der Waals surface area contributed by atoms with Crippen LogP contribution in [0.5, 0.6) is 0 Å². The molecule has 0 spiro atoms. The molecule has 8 nitrogen and oxygen atoms in total. The molecule has 1 atom stereocenters. The van der Waals surface area contributed by atoms with E-state index in [1.165, 1.54) is 24.3 Å². The summed E-state index contributed by atoms with van der Waals surface area (Å²) in [5, 5.41) is 17.4. The summed E-state index contributed by atoms with van der Waals surface area (Å²) in [6.07, 6.45) is 7.39. The first-order valence-electron chi connectivity index (χ1n) is 8.73. The predicted molar refractivity (Wildman–Crippen MR) is 105 cm³/mol. The molecule has 0 aromatic heterocycles. The molecule has 1 fully saturated rings. The minimum absolute atomic E-state index is 0.0735. The third-order valence-corrected chi connectivity index (χ3v) is 4.32. The number of guanidine groups is 1. The van der Waals surface area contributed by atoms with Crippen LogP contribution in [-0.4, -0.2) is 47.0 Å². The van der Waals surface area contributed by atoms with Gasteiger partial charge in [-0.25, -0.2) is 0 Å². The second-order valence-corrected chi connectivity index (χ2v) is 6.89. The molecule has 9 N–H and O–H groups in total. The molecule has 0 aromatic carbocycles. The summed E-state index contributed by atoms with van der Waals surface area (Å²) in [7, 11) is 0. The van der Waals surface area contributed by atoms with Crippen LogP contribution in [0.1, 0.15) is 58.3 Å². The number of hydrogen-bond donors (Lipinski definition) is 6. The van der Waals surface area contributed by atoms with Crippen LogP contribution in [0.2, 0.25) is 0 Å². The summed E-state index contributed by atoms with van der Waals surface area (Å²) in [4.78, 5) is 21.6. The summed E-state index contributed by atoms with van der Waals surface area (Å²) < 4.78 is 0. The lowest BCUT2D eigenvalue weighted by molar-refractivity contribution is -0.138. The second-order valence-electron chi connectivity index (χ2n) is 5.67. The van der Waals surface area contributed by atoms with Gasteiger partial charge in [0, 0.05) is 13.0 Å². The Morgan fingerprint density at radius 2 is 1.76 bits per heavy atom. The summed E-state index contributed by atoms with van der Waals surface area (Å²) >= 11 is 2.07. The van der Waals surface area contributed by atoms with Crippen LogP contribution >= 0.6 is 11.8 Å². The largest absolute Gasteiger partial charge is 0.480 e. The standard InChI is InChI=1S/C11H22N2O3.C4H8S.CH5N3/c1-2-3-7-10(14)13-8-5-4-6-9(12)11(15)16;1-2-4-5-3-1;2-1(3)4/h9H,2-8,12H2,1H3,(H,13,14)(H,15,16);1-4H2;(H5,2,3,4)/t9-;;/m0../s1. The third kappa shape index (κ3) is 24.9. The smallest absolute Gasteiger partial charge is 0.320 e. The van der Waals surface area contributed by atoms with Crippen molar-refractivity contribution in [3.63, 3.8) is 0 Å². The maximum atomic E-state index is 11.2. The van der Waals surface area contributed by atoms with Crippen molar-refractivity contribution in [2.24, 2.45) is 17.2 Å². The van der Waals surface area contributed by atoms with E-state index in [1.54, 1.807) is 0 Å². The van der Waals surface area contributed by atoms with Crippen molar-refractivity contribution in [1.82, 2.24) is 5.32 Å². The normalized spacial score (nSPS) is 13.5. The number of hydrogen-bond acceptors (Lipinski definition) is 5. The first-order chi connectivity index (χ1) is 11.8. The van der Waals surface area contributed by atoms with Crippen molar-refractivity contribution >= 4 is 29.6 Å². The van der Waals surface area contributed by atoms with Gasteiger partial charge >= 0.3 is 5.97 Å². The Morgan fingerprint density at radius 1 is 1.20 bits per heavy atom. The molecule has 1 amide bonds. The van der Waals surface area contributed by atoms with E-state index in [9.17, 15) is 9.59 Å². The maximum Gasteiger partial charge on any atom is 0.320 e. The van der Waals surface area contributed by atoms with Crippen LogP contribution in [0.3, 0.4) is 0 Å². The number of carboxylic acids is 1. The number of thioether (sulfide) groups is 1. The maximum absolute atomic E-state index is 11.2. The minimum Gasteiger partial charge on any atom is -0.480 e. The molecule has 1 rings (SSSR count). The summed E-state index contributed by atoms with van der Waals surface area (Å²) in [6.45, 7) is 2.65. The Bertz CT molecular complexity index is 354. The summed E-state index contributed by atoms with van der Waals surface area (Å²) in [5.41, 5.74) is 14.3. The van der Waals surface area contributed by atoms with Gasteiger partial charge < -0.3 is 27.6 Å². The van der Waals surface area contributed by atoms with Crippen molar-refractivity contribution in [2.45, 2.75) is 64.3 Å². The highest BCUT2D eigenvalue weighted by Crippen LogP contribution is 2.14. The van der Waals surface area contributed by atoms with Crippen molar-refractivity contribution in [2.75, 3.05) is 18.1 Å². The number of rotatable bonds is 9. The van der Waals surface area contributed by atoms with Gasteiger partial charge in [-0.05, 0) is 50.0 Å². The number of unbranched alkanes of at least 4 members (excludes halogenated alkanes) is 2. The minimum atomic E-state index is -0.966. The van der Waals surface area contributed by atoms with Gasteiger partial charge in [-0.15, -0.1) is 0 Å². The average molecular weight is 378 g/mol. The van der Waals surface area contributed by atoms with Crippen molar-refractivity contribution < 1.29 is 14.7 Å². The molecule has 0 saturated carbocycles. The number of aliphatic carboxylic acids is 1. The first-order valence-corrected chi connectivity index (χ1v) is 9.89. The highest BCUT2D eigenvalue weighted by atomic mass is 32.2. The lowest BCUT2D eigenvalue weighted by Gasteiger charge is -2.07. The van der Waals surface area contributed by atoms with Gasteiger partial charge in [-0.2, -0.15) is 11.8 Å². The van der Waals surface area contributed by atoms with Gasteiger partial charge in [0.2, 0.25) is 5.91 Å². The van der Waals surface area contributed by atoms with Crippen LogP contribution < -0.4 is 22.5 Å². The third-order valence-electron chi connectivity index (χ3n) is 3.17. The van der Waals surface area contributed by atoms with E-state index in [-0.39, 0.29) is 11.9 Å². The number of nitrogens with one attached hydrogen (secondary N) is 2. The number of carboxylic acid groups (broad SMARTS) is 1. The lowest BCUT2D eigenvalue weighted by atomic mass is 10.1. The van der Waals surface area contributed by atoms with Crippen LogP contribution in [0.15, 0.2) is 0 Å². The van der Waals surface area contributed by atoms with E-state index >= 15 is 0 Å². The Balaban J connectivity index is 0. The second kappa shape index (κ2) is 18.9. The quantitative estimate of drug-likeness (QED) is 0.199. The fourth-order valence-electron chi connectivity index (χ4n) is 1.78. The zero-order valence-corrected chi connectivity index (χ0v) is 16.1. The number of nitrogens with two attached hydrogens (primary N) is 3. The molecule has 1 aliphatic heterocycles. The van der Waals surface area contributed by atoms with Crippen LogP contribution in [-0.2, 0) is 9.59 Å². The van der Waals surface area contributed by atoms with E-state index in [1.807, 2.05) is 6.92 Å². The molecule has 148 valence electrons. The predicted octanol–water partition coefficient (Wildman–Crippen LogP) is 1.23. The fourth-order valence-corrected chi connectivity index (χ4v) is 2.80. The van der Waals surface area contributed by atoms with E-state index in [0.29, 0.717) is 19.4 Å². The molecule has 0 aromatic rings. The first kappa shape index (κ1) is 25.8. The van der Waals surface area contributed by atoms with Gasteiger partial charge in [-0.3, -0.25) is 15.0 Å². The Labute approximate surface area is 155 Å². The number of carbonyl (C=O) groups is 2. The van der Waals surface area contributed by atoms with Gasteiger partial charge in [0.05, 0.1) is 0 Å². The average Bonchev–Trinajstić information content (AvgIpc) is 3.11. The summed E-state index contributed by atoms with van der Waals surface area (Å²) in [6, 6.07) is -0.782. The zero-order valence-electron chi connectivity index (χ0n) is 15.3. The van der Waals surface area contributed by atoms with Crippen molar-refractivity contribution in [3.8, 4) is 0 Å². The molecule has 9 heteroatoms. The zero-order chi connectivity index (χ0) is 19.5. The van der Waals surface area contributed by atoms with Gasteiger partial charge in [0.15, 0.2) is 5.96 Å². The van der Waals surface area contributed by atoms with E-state index in [4.69, 9.17) is 16.2 Å². The van der Waals surface area contributed by atoms with Crippen LogP contribution in [0, 0.1) is 5.41 Å². The topological polar surface area (TPSA) is 168 Å². The Morgan fingerprint density at radius 3 is 2.16 bits per heavy atom. The molecule has 0 aliphatic carbocycles. The molecular weight excluding hydrogens is 342 g/mol. The molecular formula is C16H35N5O3S. The molecule has 1 saturated heterocycles. The molecule has 0 bridgehead atoms. The van der Waals surface area contributed by atoms with Gasteiger partial charge in [0.1, 0.15) is 6.04 Å². The van der Waals surface area contributed by atoms with Crippen LogP contribution in [0.4, 0.5) is 0 Å². The highest BCUT2D eigenvalue weighted by Gasteiger charge is 2.09. The van der Waals surface area contributed by atoms with E-state index in [0.717, 1.165) is 25.7 Å². The fraction of sp³-hybridized carbons (Fsp3) is 0.812.